The topological polar surface area (TPSA) is 64.4 Å². The second-order valence-corrected chi connectivity index (χ2v) is 9.03. The maximum atomic E-state index is 13.1. The van der Waals surface area contributed by atoms with Crippen LogP contribution in [0.4, 0.5) is 0 Å². The Kier molecular flexibility index (Phi) is 4.66. The second kappa shape index (κ2) is 7.34. The van der Waals surface area contributed by atoms with Gasteiger partial charge >= 0.3 is 0 Å². The minimum Gasteiger partial charge on any atom is -0.490 e. The van der Waals surface area contributed by atoms with Crippen LogP contribution in [-0.4, -0.2) is 17.2 Å². The summed E-state index contributed by atoms with van der Waals surface area (Å²) >= 11 is 1.67. The summed E-state index contributed by atoms with van der Waals surface area (Å²) in [7, 11) is 0. The fourth-order valence-electron chi connectivity index (χ4n) is 4.54. The van der Waals surface area contributed by atoms with E-state index in [9.17, 15) is 4.79 Å². The molecule has 150 valence electrons. The number of benzene rings is 1. The highest BCUT2D eigenvalue weighted by Crippen LogP contribution is 2.43. The molecule has 0 spiro atoms. The monoisotopic (exact) mass is 408 g/mol. The van der Waals surface area contributed by atoms with Crippen molar-refractivity contribution in [3.05, 3.63) is 57.9 Å². The Bertz CT molecular complexity index is 1020. The lowest BCUT2D eigenvalue weighted by molar-refractivity contribution is -0.126. The van der Waals surface area contributed by atoms with Crippen molar-refractivity contribution in [2.24, 2.45) is 0 Å². The first kappa shape index (κ1) is 18.4. The molecular formula is C23H24N2O3S. The van der Waals surface area contributed by atoms with Crippen molar-refractivity contribution < 1.29 is 14.1 Å². The predicted octanol–water partition coefficient (Wildman–Crippen LogP) is 4.85. The zero-order valence-electron chi connectivity index (χ0n) is 16.4. The molecule has 5 nitrogen and oxygen atoms in total. The van der Waals surface area contributed by atoms with Crippen molar-refractivity contribution in [1.82, 2.24) is 10.5 Å². The Morgan fingerprint density at radius 3 is 2.93 bits per heavy atom. The van der Waals surface area contributed by atoms with Crippen LogP contribution in [0.25, 0.3) is 11.3 Å². The number of hydrogen-bond acceptors (Lipinski definition) is 5. The summed E-state index contributed by atoms with van der Waals surface area (Å²) < 4.78 is 11.4. The van der Waals surface area contributed by atoms with Crippen LogP contribution in [0.3, 0.4) is 0 Å². The third kappa shape index (κ3) is 3.35. The van der Waals surface area contributed by atoms with Gasteiger partial charge in [0.15, 0.2) is 5.76 Å². The lowest BCUT2D eigenvalue weighted by Gasteiger charge is -2.26. The fourth-order valence-corrected chi connectivity index (χ4v) is 5.52. The van der Waals surface area contributed by atoms with E-state index in [1.54, 1.807) is 11.3 Å². The third-order valence-corrected chi connectivity index (χ3v) is 7.13. The highest BCUT2D eigenvalue weighted by Gasteiger charge is 2.43. The molecule has 1 amide bonds. The van der Waals surface area contributed by atoms with E-state index in [2.05, 4.69) is 29.5 Å². The van der Waals surface area contributed by atoms with Gasteiger partial charge in [-0.3, -0.25) is 4.79 Å². The molecule has 2 aromatic heterocycles. The normalized spacial score (nSPS) is 19.7. The van der Waals surface area contributed by atoms with Crippen LogP contribution in [0.15, 0.2) is 46.3 Å². The lowest BCUT2D eigenvalue weighted by Crippen LogP contribution is -2.41. The molecule has 3 heterocycles. The smallest absolute Gasteiger partial charge is 0.231 e. The quantitative estimate of drug-likeness (QED) is 0.655. The van der Waals surface area contributed by atoms with Crippen LogP contribution in [0.5, 0.6) is 5.75 Å². The van der Waals surface area contributed by atoms with Gasteiger partial charge < -0.3 is 14.6 Å². The molecule has 29 heavy (non-hydrogen) atoms. The van der Waals surface area contributed by atoms with Crippen LogP contribution in [0.2, 0.25) is 0 Å². The van der Waals surface area contributed by atoms with E-state index in [4.69, 9.17) is 9.26 Å². The van der Waals surface area contributed by atoms with E-state index in [1.807, 2.05) is 29.6 Å². The van der Waals surface area contributed by atoms with Crippen molar-refractivity contribution in [3.63, 3.8) is 0 Å². The summed E-state index contributed by atoms with van der Waals surface area (Å²) in [5.74, 6) is 1.70. The van der Waals surface area contributed by atoms with Crippen LogP contribution in [0.1, 0.15) is 48.7 Å². The average Bonchev–Trinajstić information content (AvgIpc) is 3.51. The fraction of sp³-hybridized carbons (Fsp3) is 0.391. The third-order valence-electron chi connectivity index (χ3n) is 6.06. The van der Waals surface area contributed by atoms with Crippen molar-refractivity contribution in [2.45, 2.75) is 57.1 Å². The zero-order chi connectivity index (χ0) is 19.8. The summed E-state index contributed by atoms with van der Waals surface area (Å²) in [6, 6.07) is 12.1. The molecule has 1 unspecified atom stereocenters. The van der Waals surface area contributed by atoms with E-state index in [1.165, 1.54) is 10.4 Å². The van der Waals surface area contributed by atoms with E-state index < -0.39 is 0 Å². The molecule has 1 aliphatic heterocycles. The van der Waals surface area contributed by atoms with Gasteiger partial charge in [-0.1, -0.05) is 36.2 Å². The highest BCUT2D eigenvalue weighted by atomic mass is 32.1. The van der Waals surface area contributed by atoms with Gasteiger partial charge in [-0.2, -0.15) is 0 Å². The van der Waals surface area contributed by atoms with Crippen LogP contribution >= 0.6 is 11.3 Å². The molecule has 0 bridgehead atoms. The first-order valence-electron chi connectivity index (χ1n) is 10.2. The summed E-state index contributed by atoms with van der Waals surface area (Å²) in [5.41, 5.74) is 2.51. The zero-order valence-corrected chi connectivity index (χ0v) is 17.3. The van der Waals surface area contributed by atoms with Gasteiger partial charge in [0.05, 0.1) is 12.0 Å². The summed E-state index contributed by atoms with van der Waals surface area (Å²) in [6.07, 6.45) is 5.17. The number of carbonyl (C=O) groups is 1. The van der Waals surface area contributed by atoms with Gasteiger partial charge in [0, 0.05) is 22.9 Å². The van der Waals surface area contributed by atoms with Crippen molar-refractivity contribution in [1.29, 1.82) is 0 Å². The standard InChI is InChI=1S/C23H24N2O3S/c1-15-11-16-6-7-17(12-19(16)27-15)20-13-18(25-28-20)14-24-22(26)23(8-2-3-9-23)21-5-4-10-29-21/h4-7,10,12-13,15H,2-3,8-9,11,14H2,1H3,(H,24,26). The minimum atomic E-state index is -0.380. The van der Waals surface area contributed by atoms with E-state index in [0.29, 0.717) is 12.3 Å². The van der Waals surface area contributed by atoms with Crippen molar-refractivity contribution in [2.75, 3.05) is 0 Å². The number of fused-ring (bicyclic) bond motifs is 1. The average molecular weight is 409 g/mol. The van der Waals surface area contributed by atoms with Gasteiger partial charge in [-0.25, -0.2) is 0 Å². The van der Waals surface area contributed by atoms with Crippen molar-refractivity contribution in [3.8, 4) is 17.1 Å². The Morgan fingerprint density at radius 1 is 1.28 bits per heavy atom. The van der Waals surface area contributed by atoms with E-state index in [0.717, 1.165) is 49.1 Å². The molecule has 1 fully saturated rings. The summed E-state index contributed by atoms with van der Waals surface area (Å²) in [4.78, 5) is 14.3. The Hall–Kier alpha value is -2.60. The molecule has 1 N–H and O–H groups in total. The number of nitrogens with one attached hydrogen (secondary N) is 1. The first-order valence-corrected chi connectivity index (χ1v) is 11.1. The number of ether oxygens (including phenoxy) is 1. The van der Waals surface area contributed by atoms with Gasteiger partial charge in [-0.05, 0) is 42.8 Å². The van der Waals surface area contributed by atoms with Crippen LogP contribution < -0.4 is 10.1 Å². The number of rotatable bonds is 5. The summed E-state index contributed by atoms with van der Waals surface area (Å²) in [6.45, 7) is 2.44. The van der Waals surface area contributed by atoms with E-state index >= 15 is 0 Å². The van der Waals surface area contributed by atoms with Gasteiger partial charge in [0.1, 0.15) is 17.5 Å². The van der Waals surface area contributed by atoms with Crippen LogP contribution in [-0.2, 0) is 23.2 Å². The van der Waals surface area contributed by atoms with Gasteiger partial charge in [0.2, 0.25) is 5.91 Å². The number of thiophene rings is 1. The molecule has 1 saturated carbocycles. The molecule has 1 atom stereocenters. The molecule has 6 heteroatoms. The Balaban J connectivity index is 1.29. The number of hydrogen-bond donors (Lipinski definition) is 1. The molecule has 0 radical (unpaired) electrons. The molecule has 1 aromatic carbocycles. The van der Waals surface area contributed by atoms with Crippen molar-refractivity contribution >= 4 is 17.2 Å². The predicted molar refractivity (Wildman–Crippen MR) is 112 cm³/mol. The molecule has 0 saturated heterocycles. The van der Waals surface area contributed by atoms with Gasteiger partial charge in [-0.15, -0.1) is 11.3 Å². The minimum absolute atomic E-state index is 0.0990. The highest BCUT2D eigenvalue weighted by molar-refractivity contribution is 7.10. The first-order chi connectivity index (χ1) is 14.1. The van der Waals surface area contributed by atoms with Gasteiger partial charge in [0.25, 0.3) is 0 Å². The molecule has 5 rings (SSSR count). The maximum Gasteiger partial charge on any atom is 0.231 e. The SMILES string of the molecule is CC1Cc2ccc(-c3cc(CNC(=O)C4(c5cccs5)CCCC4)no3)cc2O1. The number of nitrogens with zero attached hydrogens (tertiary/aromatic N) is 1. The molecule has 2 aliphatic rings. The maximum absolute atomic E-state index is 13.1. The largest absolute Gasteiger partial charge is 0.490 e. The van der Waals surface area contributed by atoms with E-state index in [-0.39, 0.29) is 17.4 Å². The second-order valence-electron chi connectivity index (χ2n) is 8.09. The summed E-state index contributed by atoms with van der Waals surface area (Å²) in [5, 5.41) is 9.31. The number of carbonyl (C=O) groups excluding carboxylic acids is 1. The number of aromatic nitrogens is 1. The number of amides is 1. The Labute approximate surface area is 174 Å². The Morgan fingerprint density at radius 2 is 2.14 bits per heavy atom. The lowest BCUT2D eigenvalue weighted by atomic mass is 9.83. The molecule has 3 aromatic rings. The molecular weight excluding hydrogens is 384 g/mol. The van der Waals surface area contributed by atoms with Crippen LogP contribution in [0, 0.1) is 0 Å². The molecule has 1 aliphatic carbocycles.